The minimum absolute atomic E-state index is 0.0813. The number of aliphatic hydroxyl groups excluding tert-OH is 1. The summed E-state index contributed by atoms with van der Waals surface area (Å²) in [4.78, 5) is 44.5. The number of benzene rings is 2. The van der Waals surface area contributed by atoms with E-state index < -0.39 is 29.5 Å². The Kier molecular flexibility index (Phi) is 5.94. The van der Waals surface area contributed by atoms with E-state index in [1.807, 2.05) is 0 Å². The predicted octanol–water partition coefficient (Wildman–Crippen LogP) is 4.70. The minimum atomic E-state index is -1.09. The number of aromatic carboxylic acids is 1. The van der Waals surface area contributed by atoms with Gasteiger partial charge in [0.2, 0.25) is 0 Å². The Labute approximate surface area is 212 Å². The molecule has 4 aromatic rings. The van der Waals surface area contributed by atoms with Crippen LogP contribution in [0.5, 0.6) is 11.5 Å². The maximum Gasteiger partial charge on any atom is 0.335 e. The normalized spacial score (nSPS) is 17.1. The summed E-state index contributed by atoms with van der Waals surface area (Å²) in [5.74, 6) is -2.73. The monoisotopic (exact) mass is 522 g/mol. The van der Waals surface area contributed by atoms with Gasteiger partial charge in [0, 0.05) is 4.88 Å². The average molecular weight is 523 g/mol. The van der Waals surface area contributed by atoms with Crippen molar-refractivity contribution in [3.05, 3.63) is 75.5 Å². The van der Waals surface area contributed by atoms with Crippen LogP contribution < -0.4 is 14.4 Å². The molecule has 2 aromatic carbocycles. The Balaban J connectivity index is 1.73. The molecule has 2 N–H and O–H groups in total. The highest BCUT2D eigenvalue weighted by Gasteiger charge is 2.49. The van der Waals surface area contributed by atoms with Crippen molar-refractivity contribution in [1.82, 2.24) is 4.98 Å². The molecule has 0 spiro atoms. The van der Waals surface area contributed by atoms with Crippen molar-refractivity contribution < 1.29 is 34.1 Å². The van der Waals surface area contributed by atoms with Crippen LogP contribution in [0.4, 0.5) is 5.13 Å². The summed E-state index contributed by atoms with van der Waals surface area (Å²) in [6, 6.07) is 11.9. The lowest BCUT2D eigenvalue weighted by Gasteiger charge is -2.22. The standard InChI is InChI=1S/C25H18N2O7S2/c1-33-14-5-3-6-15(34-2)18(14)21(28)19-20(16-7-4-10-35-16)27(23(30)22(19)29)25-26-13-9-8-12(24(31)32)11-17(13)36-25/h3-11,20,28H,1-2H3,(H,31,32)/b21-19+. The quantitative estimate of drug-likeness (QED) is 0.212. The van der Waals surface area contributed by atoms with E-state index in [-0.39, 0.29) is 33.3 Å². The SMILES string of the molecule is COc1cccc(OC)c1/C(O)=C1\C(=O)C(=O)N(c2nc3ccc(C(=O)O)cc3s2)C1c1cccs1. The molecule has 1 unspecified atom stereocenters. The number of aromatic nitrogens is 1. The number of hydrogen-bond acceptors (Lipinski definition) is 9. The number of carbonyl (C=O) groups excluding carboxylic acids is 2. The number of aliphatic hydroxyl groups is 1. The highest BCUT2D eigenvalue weighted by molar-refractivity contribution is 7.22. The average Bonchev–Trinajstić information content (AvgIpc) is 3.61. The molecule has 5 rings (SSSR count). The molecule has 2 aromatic heterocycles. The number of carbonyl (C=O) groups is 3. The first-order valence-corrected chi connectivity index (χ1v) is 12.2. The van der Waals surface area contributed by atoms with Gasteiger partial charge >= 0.3 is 11.9 Å². The van der Waals surface area contributed by atoms with Crippen molar-refractivity contribution in [3.8, 4) is 11.5 Å². The van der Waals surface area contributed by atoms with Gasteiger partial charge in [-0.15, -0.1) is 11.3 Å². The summed E-state index contributed by atoms with van der Waals surface area (Å²) < 4.78 is 11.3. The lowest BCUT2D eigenvalue weighted by Crippen LogP contribution is -2.28. The van der Waals surface area contributed by atoms with Crippen molar-refractivity contribution in [3.63, 3.8) is 0 Å². The number of carboxylic acids is 1. The van der Waals surface area contributed by atoms with Crippen molar-refractivity contribution in [2.24, 2.45) is 0 Å². The maximum absolute atomic E-state index is 13.4. The molecule has 0 bridgehead atoms. The second-order valence-corrected chi connectivity index (χ2v) is 9.69. The highest BCUT2D eigenvalue weighted by atomic mass is 32.1. The maximum atomic E-state index is 13.4. The number of amides is 1. The Hall–Kier alpha value is -4.22. The van der Waals surface area contributed by atoms with Crippen molar-refractivity contribution in [1.29, 1.82) is 0 Å². The number of thiazole rings is 1. The van der Waals surface area contributed by atoms with E-state index in [1.54, 1.807) is 41.8 Å². The van der Waals surface area contributed by atoms with Crippen LogP contribution in [0.15, 0.2) is 59.5 Å². The second kappa shape index (κ2) is 9.10. The first-order valence-electron chi connectivity index (χ1n) is 10.5. The smallest absolute Gasteiger partial charge is 0.335 e. The number of carboxylic acid groups (broad SMARTS) is 1. The first kappa shape index (κ1) is 23.5. The molecule has 36 heavy (non-hydrogen) atoms. The van der Waals surface area contributed by atoms with Gasteiger partial charge in [-0.3, -0.25) is 14.5 Å². The molecule has 11 heteroatoms. The molecule has 1 atom stereocenters. The molecule has 0 saturated carbocycles. The molecular weight excluding hydrogens is 504 g/mol. The van der Waals surface area contributed by atoms with Gasteiger partial charge in [0.25, 0.3) is 5.78 Å². The lowest BCUT2D eigenvalue weighted by atomic mass is 9.99. The summed E-state index contributed by atoms with van der Waals surface area (Å²) >= 11 is 2.40. The molecule has 1 fully saturated rings. The Bertz CT molecular complexity index is 1530. The van der Waals surface area contributed by atoms with Crippen LogP contribution in [0.3, 0.4) is 0 Å². The van der Waals surface area contributed by atoms with Crippen molar-refractivity contribution in [2.45, 2.75) is 6.04 Å². The van der Waals surface area contributed by atoms with Gasteiger partial charge < -0.3 is 19.7 Å². The molecule has 0 radical (unpaired) electrons. The fourth-order valence-corrected chi connectivity index (χ4v) is 5.97. The number of thiophene rings is 1. The van der Waals surface area contributed by atoms with Gasteiger partial charge in [0.05, 0.1) is 35.6 Å². The zero-order valence-electron chi connectivity index (χ0n) is 18.9. The molecule has 1 amide bonds. The minimum Gasteiger partial charge on any atom is -0.506 e. The molecule has 1 aliphatic rings. The van der Waals surface area contributed by atoms with E-state index in [4.69, 9.17) is 9.47 Å². The van der Waals surface area contributed by atoms with Gasteiger partial charge in [-0.05, 0) is 41.8 Å². The van der Waals surface area contributed by atoms with Crippen LogP contribution >= 0.6 is 22.7 Å². The van der Waals surface area contributed by atoms with Gasteiger partial charge in [-0.25, -0.2) is 9.78 Å². The van der Waals surface area contributed by atoms with E-state index in [1.165, 1.54) is 42.6 Å². The van der Waals surface area contributed by atoms with Gasteiger partial charge in [-0.2, -0.15) is 0 Å². The van der Waals surface area contributed by atoms with E-state index in [2.05, 4.69) is 4.98 Å². The zero-order valence-corrected chi connectivity index (χ0v) is 20.6. The fraction of sp³-hybridized carbons (Fsp3) is 0.120. The summed E-state index contributed by atoms with van der Waals surface area (Å²) in [6.45, 7) is 0. The van der Waals surface area contributed by atoms with Crippen LogP contribution in [-0.2, 0) is 9.59 Å². The fourth-order valence-electron chi connectivity index (χ4n) is 4.11. The van der Waals surface area contributed by atoms with Gasteiger partial charge in [-0.1, -0.05) is 23.5 Å². The topological polar surface area (TPSA) is 126 Å². The summed E-state index contributed by atoms with van der Waals surface area (Å²) in [5, 5.41) is 22.8. The van der Waals surface area contributed by atoms with Crippen LogP contribution in [0.25, 0.3) is 16.0 Å². The highest BCUT2D eigenvalue weighted by Crippen LogP contribution is 2.47. The number of ether oxygens (including phenoxy) is 2. The second-order valence-electron chi connectivity index (χ2n) is 7.71. The van der Waals surface area contributed by atoms with Crippen molar-refractivity contribution >= 4 is 61.4 Å². The molecular formula is C25H18N2O7S2. The number of nitrogens with zero attached hydrogens (tertiary/aromatic N) is 2. The number of methoxy groups -OCH3 is 2. The van der Waals surface area contributed by atoms with Crippen LogP contribution in [0.1, 0.15) is 26.8 Å². The van der Waals surface area contributed by atoms with E-state index in [0.717, 1.165) is 11.3 Å². The third-order valence-electron chi connectivity index (χ3n) is 5.75. The number of fused-ring (bicyclic) bond motifs is 1. The summed E-state index contributed by atoms with van der Waals surface area (Å²) in [6.07, 6.45) is 0. The number of ketones is 1. The lowest BCUT2D eigenvalue weighted by molar-refractivity contribution is -0.132. The van der Waals surface area contributed by atoms with Gasteiger partial charge in [0.15, 0.2) is 5.13 Å². The van der Waals surface area contributed by atoms with E-state index in [9.17, 15) is 24.6 Å². The largest absolute Gasteiger partial charge is 0.506 e. The van der Waals surface area contributed by atoms with Crippen LogP contribution in [0, 0.1) is 0 Å². The number of hydrogen-bond donors (Lipinski definition) is 2. The van der Waals surface area contributed by atoms with Crippen LogP contribution in [-0.4, -0.2) is 47.1 Å². The molecule has 182 valence electrons. The Morgan fingerprint density at radius 3 is 2.36 bits per heavy atom. The van der Waals surface area contributed by atoms with Crippen LogP contribution in [0.2, 0.25) is 0 Å². The predicted molar refractivity (Wildman–Crippen MR) is 135 cm³/mol. The molecule has 1 aliphatic heterocycles. The number of rotatable bonds is 6. The number of anilines is 1. The molecule has 9 nitrogen and oxygen atoms in total. The van der Waals surface area contributed by atoms with E-state index >= 15 is 0 Å². The molecule has 3 heterocycles. The van der Waals surface area contributed by atoms with Gasteiger partial charge in [0.1, 0.15) is 28.9 Å². The summed E-state index contributed by atoms with van der Waals surface area (Å²) in [7, 11) is 2.85. The number of Topliss-reactive ketones (excluding diaryl/α,β-unsaturated/α-hetero) is 1. The Morgan fingerprint density at radius 1 is 1.03 bits per heavy atom. The Morgan fingerprint density at radius 2 is 1.75 bits per heavy atom. The van der Waals surface area contributed by atoms with Crippen molar-refractivity contribution in [2.75, 3.05) is 19.1 Å². The summed E-state index contributed by atoms with van der Waals surface area (Å²) in [5.41, 5.74) is 0.587. The van der Waals surface area contributed by atoms with E-state index in [0.29, 0.717) is 15.1 Å². The zero-order chi connectivity index (χ0) is 25.6. The first-order chi connectivity index (χ1) is 17.3. The third-order valence-corrected chi connectivity index (χ3v) is 7.69. The third kappa shape index (κ3) is 3.69. The molecule has 1 saturated heterocycles. The molecule has 0 aliphatic carbocycles.